The van der Waals surface area contributed by atoms with Crippen LogP contribution >= 0.6 is 0 Å². The number of rotatable bonds is 3. The molecule has 0 fully saturated rings. The first-order chi connectivity index (χ1) is 10.5. The number of oxime groups is 1. The van der Waals surface area contributed by atoms with Crippen LogP contribution in [0.5, 0.6) is 5.75 Å². The van der Waals surface area contributed by atoms with Crippen molar-refractivity contribution in [2.75, 3.05) is 0 Å². The fraction of sp³-hybridized carbons (Fsp3) is 0.0667. The topological polar surface area (TPSA) is 45.4 Å². The molecule has 2 aromatic rings. The second-order valence-corrected chi connectivity index (χ2v) is 4.31. The first-order valence-electron chi connectivity index (χ1n) is 5.98. The number of nitrogens with zero attached hydrogens (tertiary/aromatic N) is 2. The molecule has 0 heterocycles. The molecule has 2 rings (SSSR count). The summed E-state index contributed by atoms with van der Waals surface area (Å²) in [6.07, 6.45) is 1.12. The van der Waals surface area contributed by atoms with Gasteiger partial charge in [-0.3, -0.25) is 0 Å². The van der Waals surface area contributed by atoms with Crippen LogP contribution in [0, 0.1) is 41.5 Å². The molecule has 0 amide bonds. The van der Waals surface area contributed by atoms with Crippen LogP contribution in [0.25, 0.3) is 0 Å². The molecule has 0 aliphatic rings. The summed E-state index contributed by atoms with van der Waals surface area (Å²) in [5, 5.41) is 11.7. The van der Waals surface area contributed by atoms with E-state index < -0.39 is 34.6 Å². The van der Waals surface area contributed by atoms with Crippen molar-refractivity contribution in [3.63, 3.8) is 0 Å². The summed E-state index contributed by atoms with van der Waals surface area (Å²) in [4.78, 5) is 4.39. The summed E-state index contributed by atoms with van der Waals surface area (Å²) in [7, 11) is 0. The quantitative estimate of drug-likeness (QED) is 0.374. The Morgan fingerprint density at radius 2 is 1.55 bits per heavy atom. The van der Waals surface area contributed by atoms with Gasteiger partial charge in [0.15, 0.2) is 11.6 Å². The Kier molecular flexibility index (Phi) is 4.41. The summed E-state index contributed by atoms with van der Waals surface area (Å²) >= 11 is 0. The summed E-state index contributed by atoms with van der Waals surface area (Å²) in [6.45, 7) is 1.87. The maximum Gasteiger partial charge on any atom is 0.235 e. The second-order valence-electron chi connectivity index (χ2n) is 4.31. The highest BCUT2D eigenvalue weighted by atomic mass is 19.2. The Morgan fingerprint density at radius 3 is 2.05 bits per heavy atom. The monoisotopic (exact) mass is 308 g/mol. The molecule has 3 nitrogen and oxygen atoms in total. The van der Waals surface area contributed by atoms with Crippen LogP contribution in [0.2, 0.25) is 0 Å². The second kappa shape index (κ2) is 6.26. The zero-order chi connectivity index (χ0) is 16.3. The third-order valence-corrected chi connectivity index (χ3v) is 2.76. The van der Waals surface area contributed by atoms with Crippen LogP contribution in [-0.2, 0) is 0 Å². The highest BCUT2D eigenvalue weighted by molar-refractivity contribution is 5.79. The largest absolute Gasteiger partial charge is 0.350 e. The van der Waals surface area contributed by atoms with Gasteiger partial charge in [-0.05, 0) is 12.5 Å². The summed E-state index contributed by atoms with van der Waals surface area (Å²) < 4.78 is 53.8. The average Bonchev–Trinajstić information content (AvgIpc) is 2.51. The third-order valence-electron chi connectivity index (χ3n) is 2.76. The van der Waals surface area contributed by atoms with Crippen molar-refractivity contribution in [3.8, 4) is 11.8 Å². The van der Waals surface area contributed by atoms with Gasteiger partial charge in [-0.1, -0.05) is 35.0 Å². The predicted molar refractivity (Wildman–Crippen MR) is 70.4 cm³/mol. The van der Waals surface area contributed by atoms with Crippen LogP contribution in [0.15, 0.2) is 29.4 Å². The van der Waals surface area contributed by atoms with Gasteiger partial charge in [0.2, 0.25) is 17.4 Å². The number of aryl methyl sites for hydroxylation is 1. The molecule has 0 N–H and O–H groups in total. The Balaban J connectivity index is 2.31. The average molecular weight is 308 g/mol. The Bertz CT molecular complexity index is 751. The number of nitriles is 1. The fourth-order valence-corrected chi connectivity index (χ4v) is 1.58. The number of benzene rings is 2. The molecule has 0 spiro atoms. The first-order valence-corrected chi connectivity index (χ1v) is 5.98. The van der Waals surface area contributed by atoms with E-state index in [0.29, 0.717) is 5.56 Å². The molecule has 0 aliphatic carbocycles. The Labute approximate surface area is 123 Å². The SMILES string of the molecule is Cc1ccc(/C=N/Oc2c(F)c(F)c(C#N)c(F)c2F)cc1. The van der Waals surface area contributed by atoms with E-state index in [0.717, 1.165) is 17.8 Å². The molecule has 0 saturated heterocycles. The minimum Gasteiger partial charge on any atom is -0.350 e. The number of hydrogen-bond donors (Lipinski definition) is 0. The highest BCUT2D eigenvalue weighted by Gasteiger charge is 2.27. The van der Waals surface area contributed by atoms with Crippen molar-refractivity contribution >= 4 is 6.21 Å². The van der Waals surface area contributed by atoms with Gasteiger partial charge < -0.3 is 4.84 Å². The standard InChI is InChI=1S/C15H8F4N2O/c1-8-2-4-9(5-3-8)7-21-22-15-13(18)11(16)10(6-20)12(17)14(15)19/h2-5,7H,1H3/b21-7+. The van der Waals surface area contributed by atoms with Crippen LogP contribution in [0.4, 0.5) is 17.6 Å². The van der Waals surface area contributed by atoms with Gasteiger partial charge in [-0.25, -0.2) is 8.78 Å². The number of hydrogen-bond acceptors (Lipinski definition) is 3. The fourth-order valence-electron chi connectivity index (χ4n) is 1.58. The van der Waals surface area contributed by atoms with Crippen molar-refractivity contribution in [3.05, 3.63) is 64.2 Å². The molecular formula is C15H8F4N2O. The van der Waals surface area contributed by atoms with Gasteiger partial charge in [-0.15, -0.1) is 0 Å². The van der Waals surface area contributed by atoms with E-state index in [1.54, 1.807) is 24.3 Å². The van der Waals surface area contributed by atoms with E-state index in [1.807, 2.05) is 6.92 Å². The maximum atomic E-state index is 13.5. The molecule has 0 bridgehead atoms. The van der Waals surface area contributed by atoms with Gasteiger partial charge >= 0.3 is 0 Å². The van der Waals surface area contributed by atoms with Crippen molar-refractivity contribution in [2.24, 2.45) is 5.16 Å². The van der Waals surface area contributed by atoms with Crippen molar-refractivity contribution < 1.29 is 22.4 Å². The molecule has 0 aromatic heterocycles. The lowest BCUT2D eigenvalue weighted by atomic mass is 10.2. The molecule has 2 aromatic carbocycles. The Hall–Kier alpha value is -2.88. The lowest BCUT2D eigenvalue weighted by Gasteiger charge is -2.05. The predicted octanol–water partition coefficient (Wildman–Crippen LogP) is 3.84. The molecule has 0 unspecified atom stereocenters. The van der Waals surface area contributed by atoms with Crippen LogP contribution in [-0.4, -0.2) is 6.21 Å². The maximum absolute atomic E-state index is 13.5. The molecule has 22 heavy (non-hydrogen) atoms. The highest BCUT2D eigenvalue weighted by Crippen LogP contribution is 2.29. The van der Waals surface area contributed by atoms with Crippen LogP contribution in [0.3, 0.4) is 0 Å². The van der Waals surface area contributed by atoms with E-state index in [-0.39, 0.29) is 0 Å². The molecule has 112 valence electrons. The van der Waals surface area contributed by atoms with Crippen LogP contribution < -0.4 is 4.84 Å². The minimum atomic E-state index is -1.83. The van der Waals surface area contributed by atoms with E-state index >= 15 is 0 Å². The number of halogens is 4. The molecule has 0 radical (unpaired) electrons. The first kappa shape index (κ1) is 15.5. The van der Waals surface area contributed by atoms with Gasteiger partial charge in [0, 0.05) is 0 Å². The third kappa shape index (κ3) is 2.91. The molecule has 0 atom stereocenters. The van der Waals surface area contributed by atoms with Crippen molar-refractivity contribution in [1.82, 2.24) is 0 Å². The summed E-state index contributed by atoms with van der Waals surface area (Å²) in [5.41, 5.74) is 0.192. The zero-order valence-electron chi connectivity index (χ0n) is 11.2. The van der Waals surface area contributed by atoms with Crippen molar-refractivity contribution in [2.45, 2.75) is 6.92 Å². The van der Waals surface area contributed by atoms with Gasteiger partial charge in [0.05, 0.1) is 6.21 Å². The molecular weight excluding hydrogens is 300 g/mol. The van der Waals surface area contributed by atoms with Gasteiger partial charge in [0.25, 0.3) is 0 Å². The lowest BCUT2D eigenvalue weighted by molar-refractivity contribution is 0.287. The van der Waals surface area contributed by atoms with Gasteiger partial charge in [0.1, 0.15) is 11.6 Å². The van der Waals surface area contributed by atoms with E-state index in [9.17, 15) is 17.6 Å². The van der Waals surface area contributed by atoms with E-state index in [1.165, 1.54) is 0 Å². The smallest absolute Gasteiger partial charge is 0.235 e. The zero-order valence-corrected chi connectivity index (χ0v) is 11.2. The van der Waals surface area contributed by atoms with Gasteiger partial charge in [-0.2, -0.15) is 14.0 Å². The van der Waals surface area contributed by atoms with Crippen molar-refractivity contribution in [1.29, 1.82) is 5.26 Å². The van der Waals surface area contributed by atoms with Crippen LogP contribution in [0.1, 0.15) is 16.7 Å². The Morgan fingerprint density at radius 1 is 1.00 bits per heavy atom. The van der Waals surface area contributed by atoms with E-state index in [4.69, 9.17) is 5.26 Å². The molecule has 0 aliphatic heterocycles. The summed E-state index contributed by atoms with van der Waals surface area (Å²) in [5.74, 6) is -8.66. The molecule has 0 saturated carbocycles. The molecule has 7 heteroatoms. The summed E-state index contributed by atoms with van der Waals surface area (Å²) in [6, 6.07) is 7.89. The van der Waals surface area contributed by atoms with E-state index in [2.05, 4.69) is 9.99 Å². The lowest BCUT2D eigenvalue weighted by Crippen LogP contribution is -2.04. The minimum absolute atomic E-state index is 0.556. The normalized spacial score (nSPS) is 10.7.